The molecule has 0 bridgehead atoms. The summed E-state index contributed by atoms with van der Waals surface area (Å²) in [5, 5.41) is 27.5. The molecule has 4 amide bonds. The van der Waals surface area contributed by atoms with Crippen molar-refractivity contribution >= 4 is 57.8 Å². The average Bonchev–Trinajstić information content (AvgIpc) is 4.13. The average molecular weight is 938 g/mol. The van der Waals surface area contributed by atoms with Crippen LogP contribution in [0.25, 0.3) is 11.6 Å². The number of rotatable bonds is 13. The number of halogens is 3. The minimum Gasteiger partial charge on any atom is -0.350 e. The molecule has 0 saturated carbocycles. The SMILES string of the molecule is Cc1cc(CNC(=O)c2cc(C(=O)NCC3CCN(S(N)(=O)=O)C3)n3ncnc3n2)ccc1F.Cc1cc(CNC(=O)c2cc(C(=O)NC[C@H]3CCNC3)n3ncnc3n2)ccc1F.Cl. The molecule has 65 heavy (non-hydrogen) atoms. The molecule has 6 aromatic rings. The van der Waals surface area contributed by atoms with E-state index in [0.717, 1.165) is 29.4 Å². The van der Waals surface area contributed by atoms with Gasteiger partial charge in [0.15, 0.2) is 0 Å². The predicted octanol–water partition coefficient (Wildman–Crippen LogP) is 1.02. The van der Waals surface area contributed by atoms with Crippen molar-refractivity contribution in [2.24, 2.45) is 17.0 Å². The molecule has 4 aromatic heterocycles. The molecule has 25 heteroatoms. The summed E-state index contributed by atoms with van der Waals surface area (Å²) in [6.07, 6.45) is 4.06. The largest absolute Gasteiger partial charge is 0.350 e. The van der Waals surface area contributed by atoms with E-state index >= 15 is 0 Å². The highest BCUT2D eigenvalue weighted by molar-refractivity contribution is 7.86. The van der Waals surface area contributed by atoms with Crippen LogP contribution >= 0.6 is 12.4 Å². The molecule has 2 aliphatic heterocycles. The highest BCUT2D eigenvalue weighted by Gasteiger charge is 2.30. The lowest BCUT2D eigenvalue weighted by Gasteiger charge is -2.14. The van der Waals surface area contributed by atoms with Crippen molar-refractivity contribution in [3.8, 4) is 0 Å². The second-order valence-electron chi connectivity index (χ2n) is 15.4. The van der Waals surface area contributed by atoms with Crippen molar-refractivity contribution in [1.82, 2.24) is 70.1 Å². The lowest BCUT2D eigenvalue weighted by molar-refractivity contribution is 0.0925. The van der Waals surface area contributed by atoms with E-state index in [1.807, 2.05) is 0 Å². The zero-order valence-electron chi connectivity index (χ0n) is 35.1. The van der Waals surface area contributed by atoms with Gasteiger partial charge in [0.2, 0.25) is 0 Å². The van der Waals surface area contributed by atoms with Crippen LogP contribution in [0.5, 0.6) is 0 Å². The molecule has 344 valence electrons. The van der Waals surface area contributed by atoms with Crippen molar-refractivity contribution < 1.29 is 36.4 Å². The van der Waals surface area contributed by atoms with Crippen LogP contribution in [0.15, 0.2) is 61.2 Å². The molecule has 2 saturated heterocycles. The van der Waals surface area contributed by atoms with Gasteiger partial charge in [0, 0.05) is 51.4 Å². The summed E-state index contributed by atoms with van der Waals surface area (Å²) in [4.78, 5) is 67.2. The van der Waals surface area contributed by atoms with Crippen molar-refractivity contribution in [2.75, 3.05) is 39.3 Å². The number of aryl methyl sites for hydroxylation is 2. The van der Waals surface area contributed by atoms with Gasteiger partial charge in [-0.05, 0) is 86.0 Å². The quantitative estimate of drug-likeness (QED) is 0.0945. The first-order chi connectivity index (χ1) is 30.6. The van der Waals surface area contributed by atoms with E-state index < -0.39 is 27.9 Å². The lowest BCUT2D eigenvalue weighted by atomic mass is 10.1. The van der Waals surface area contributed by atoms with Gasteiger partial charge in [-0.15, -0.1) is 12.4 Å². The molecule has 0 aliphatic carbocycles. The van der Waals surface area contributed by atoms with Gasteiger partial charge in [-0.25, -0.2) is 23.9 Å². The van der Waals surface area contributed by atoms with Crippen LogP contribution in [0.1, 0.15) is 77.0 Å². The Labute approximate surface area is 377 Å². The molecule has 6 heterocycles. The van der Waals surface area contributed by atoms with Crippen LogP contribution in [0.3, 0.4) is 0 Å². The Morgan fingerprint density at radius 2 is 1.22 bits per heavy atom. The van der Waals surface area contributed by atoms with Crippen LogP contribution in [0.2, 0.25) is 0 Å². The number of nitrogens with two attached hydrogens (primary N) is 1. The third-order valence-corrected chi connectivity index (χ3v) is 11.7. The number of amides is 4. The van der Waals surface area contributed by atoms with Gasteiger partial charge in [0.05, 0.1) is 0 Å². The standard InChI is InChI=1S/C20H23FN8O4S.C20H22FN7O2.ClH/c1-12-6-13(2-3-15(12)21)8-23-18(30)16-7-17(29-20(27-16)25-11-26-29)19(31)24-9-14-4-5-28(10-14)34(22,32)33;1-12-6-13(2-3-15(12)21)9-23-18(29)16-7-17(28-20(27-16)25-11-26-28)19(30)24-10-14-4-5-22-8-14;/h2-3,6-7,11,14H,4-5,8-10H2,1H3,(H,23,30)(H,24,31)(H2,22,32,33);2-3,6-7,11,14,22H,4-5,8-10H2,1H3,(H,23,29)(H,24,30);1H/t;14-;/m.0./s1. The van der Waals surface area contributed by atoms with E-state index in [2.05, 4.69) is 56.7 Å². The number of fused-ring (bicyclic) bond motifs is 2. The molecule has 8 rings (SSSR count). The fourth-order valence-electron chi connectivity index (χ4n) is 7.10. The maximum atomic E-state index is 13.4. The summed E-state index contributed by atoms with van der Waals surface area (Å²) in [7, 11) is -3.77. The van der Waals surface area contributed by atoms with Gasteiger partial charge in [-0.3, -0.25) is 19.2 Å². The van der Waals surface area contributed by atoms with Crippen molar-refractivity contribution in [3.63, 3.8) is 0 Å². The Morgan fingerprint density at radius 3 is 1.65 bits per heavy atom. The first kappa shape index (κ1) is 47.9. The Balaban J connectivity index is 0.000000214. The van der Waals surface area contributed by atoms with Crippen LogP contribution in [0, 0.1) is 37.3 Å². The smallest absolute Gasteiger partial charge is 0.276 e. The number of nitrogens with zero attached hydrogens (tertiary/aromatic N) is 9. The van der Waals surface area contributed by atoms with Gasteiger partial charge in [-0.1, -0.05) is 24.3 Å². The molecule has 2 atom stereocenters. The Hall–Kier alpha value is -6.60. The zero-order valence-corrected chi connectivity index (χ0v) is 36.8. The summed E-state index contributed by atoms with van der Waals surface area (Å²) in [5.74, 6) is -1.99. The monoisotopic (exact) mass is 937 g/mol. The van der Waals surface area contributed by atoms with Crippen LogP contribution in [-0.4, -0.2) is 115 Å². The maximum Gasteiger partial charge on any atom is 0.276 e. The van der Waals surface area contributed by atoms with Crippen molar-refractivity contribution in [3.05, 3.63) is 118 Å². The van der Waals surface area contributed by atoms with E-state index in [0.29, 0.717) is 42.1 Å². The molecular weight excluding hydrogens is 892 g/mol. The van der Waals surface area contributed by atoms with E-state index in [9.17, 15) is 36.4 Å². The van der Waals surface area contributed by atoms with Gasteiger partial charge >= 0.3 is 0 Å². The van der Waals surface area contributed by atoms with Crippen molar-refractivity contribution in [2.45, 2.75) is 39.8 Å². The Kier molecular flexibility index (Phi) is 15.4. The summed E-state index contributed by atoms with van der Waals surface area (Å²) in [6.45, 7) is 6.71. The first-order valence-electron chi connectivity index (χ1n) is 20.2. The number of aromatic nitrogens is 8. The number of carbonyl (C=O) groups is 4. The fraction of sp³-hybridized carbons (Fsp3) is 0.350. The maximum absolute atomic E-state index is 13.4. The molecule has 2 fully saturated rings. The summed E-state index contributed by atoms with van der Waals surface area (Å²) >= 11 is 0. The van der Waals surface area contributed by atoms with Crippen LogP contribution < -0.4 is 31.7 Å². The fourth-order valence-corrected chi connectivity index (χ4v) is 7.88. The predicted molar refractivity (Wildman–Crippen MR) is 232 cm³/mol. The van der Waals surface area contributed by atoms with Gasteiger partial charge in [0.25, 0.3) is 45.4 Å². The molecule has 21 nitrogen and oxygen atoms in total. The van der Waals surface area contributed by atoms with Crippen LogP contribution in [0.4, 0.5) is 8.78 Å². The number of carbonyl (C=O) groups excluding carboxylic acids is 4. The molecular formula is C40H46ClF2N15O6S. The minimum absolute atomic E-state index is 0. The topological polar surface area (TPSA) is 278 Å². The number of hydrogen-bond donors (Lipinski definition) is 6. The first-order valence-corrected chi connectivity index (χ1v) is 21.7. The third kappa shape index (κ3) is 12.0. The summed E-state index contributed by atoms with van der Waals surface area (Å²) in [5.41, 5.74) is 2.68. The molecule has 0 radical (unpaired) electrons. The zero-order chi connectivity index (χ0) is 45.5. The van der Waals surface area contributed by atoms with Crippen LogP contribution in [-0.2, 0) is 23.3 Å². The molecule has 2 aliphatic rings. The van der Waals surface area contributed by atoms with Crippen molar-refractivity contribution in [1.29, 1.82) is 0 Å². The van der Waals surface area contributed by atoms with Gasteiger partial charge in [0.1, 0.15) is 47.1 Å². The number of hydrogen-bond acceptors (Lipinski definition) is 13. The van der Waals surface area contributed by atoms with E-state index in [1.54, 1.807) is 38.1 Å². The second-order valence-corrected chi connectivity index (χ2v) is 16.9. The third-order valence-electron chi connectivity index (χ3n) is 10.7. The van der Waals surface area contributed by atoms with Gasteiger partial charge < -0.3 is 26.6 Å². The second kappa shape index (κ2) is 20.9. The summed E-state index contributed by atoms with van der Waals surface area (Å²) < 4.78 is 53.5. The molecule has 1 unspecified atom stereocenters. The Bertz CT molecular complexity index is 2840. The Morgan fingerprint density at radius 1 is 0.723 bits per heavy atom. The molecule has 0 spiro atoms. The molecule has 2 aromatic carbocycles. The van der Waals surface area contributed by atoms with Gasteiger partial charge in [-0.2, -0.15) is 41.9 Å². The summed E-state index contributed by atoms with van der Waals surface area (Å²) in [6, 6.07) is 11.9. The number of nitrogens with one attached hydrogen (secondary N) is 5. The van der Waals surface area contributed by atoms with E-state index in [-0.39, 0.29) is 96.4 Å². The van der Waals surface area contributed by atoms with E-state index in [1.165, 1.54) is 46.0 Å². The highest BCUT2D eigenvalue weighted by atomic mass is 35.5. The van der Waals surface area contributed by atoms with E-state index in [4.69, 9.17) is 5.14 Å². The minimum atomic E-state index is -3.77. The number of benzene rings is 2. The lowest BCUT2D eigenvalue weighted by Crippen LogP contribution is -2.36. The molecule has 7 N–H and O–H groups in total. The normalized spacial score (nSPS) is 16.1. The highest BCUT2D eigenvalue weighted by Crippen LogP contribution is 2.18.